The number of anilines is 1. The minimum Gasteiger partial charge on any atom is -0.383 e. The summed E-state index contributed by atoms with van der Waals surface area (Å²) < 4.78 is 37.0. The van der Waals surface area contributed by atoms with E-state index < -0.39 is 10.0 Å². The van der Waals surface area contributed by atoms with Gasteiger partial charge in [0.15, 0.2) is 0 Å². The van der Waals surface area contributed by atoms with Gasteiger partial charge in [0, 0.05) is 24.4 Å². The number of rotatable bonds is 8. The van der Waals surface area contributed by atoms with Crippen LogP contribution in [0.5, 0.6) is 0 Å². The zero-order valence-electron chi connectivity index (χ0n) is 15.2. The van der Waals surface area contributed by atoms with Gasteiger partial charge < -0.3 is 14.6 Å². The summed E-state index contributed by atoms with van der Waals surface area (Å²) in [5.74, 6) is 0.372. The average Bonchev–Trinajstić information content (AvgIpc) is 2.87. The largest absolute Gasteiger partial charge is 0.383 e. The molecule has 0 aliphatic carbocycles. The van der Waals surface area contributed by atoms with E-state index in [0.717, 1.165) is 5.56 Å². The minimum atomic E-state index is -3.64. The van der Waals surface area contributed by atoms with Gasteiger partial charge in [-0.05, 0) is 45.0 Å². The number of aryl methyl sites for hydroxylation is 2. The van der Waals surface area contributed by atoms with Crippen LogP contribution in [-0.2, 0) is 26.0 Å². The molecule has 2 aromatic rings. The maximum Gasteiger partial charge on any atom is 0.240 e. The van der Waals surface area contributed by atoms with Crippen molar-refractivity contribution in [3.05, 3.63) is 41.3 Å². The molecule has 0 saturated heterocycles. The lowest BCUT2D eigenvalue weighted by molar-refractivity contribution is -0.115. The first kappa shape index (κ1) is 20.1. The highest BCUT2D eigenvalue weighted by Gasteiger charge is 2.18. The molecule has 1 heterocycles. The lowest BCUT2D eigenvalue weighted by atomic mass is 10.1. The van der Waals surface area contributed by atoms with Crippen molar-refractivity contribution in [2.24, 2.45) is 0 Å². The second-order valence-electron chi connectivity index (χ2n) is 6.03. The monoisotopic (exact) mass is 381 g/mol. The fraction of sp³-hybridized carbons (Fsp3) is 0.412. The second kappa shape index (κ2) is 8.43. The SMILES string of the molecule is COC[C@@H](C)NS(=O)(=O)c1ccc(NC(=O)Cc2c(C)noc2C)cc1. The maximum absolute atomic E-state index is 12.3. The number of hydrogen-bond donors (Lipinski definition) is 2. The van der Waals surface area contributed by atoms with Crippen LogP contribution in [0.15, 0.2) is 33.7 Å². The van der Waals surface area contributed by atoms with Crippen LogP contribution in [-0.4, -0.2) is 39.2 Å². The number of ether oxygens (including phenoxy) is 1. The topological polar surface area (TPSA) is 111 Å². The van der Waals surface area contributed by atoms with Crippen molar-refractivity contribution >= 4 is 21.6 Å². The number of aromatic nitrogens is 1. The van der Waals surface area contributed by atoms with Crippen molar-refractivity contribution in [3.63, 3.8) is 0 Å². The van der Waals surface area contributed by atoms with E-state index in [0.29, 0.717) is 17.1 Å². The van der Waals surface area contributed by atoms with Gasteiger partial charge >= 0.3 is 0 Å². The van der Waals surface area contributed by atoms with Gasteiger partial charge in [-0.15, -0.1) is 0 Å². The van der Waals surface area contributed by atoms with Crippen molar-refractivity contribution in [2.75, 3.05) is 19.0 Å². The molecular formula is C17H23N3O5S. The normalized spacial score (nSPS) is 12.8. The highest BCUT2D eigenvalue weighted by atomic mass is 32.2. The van der Waals surface area contributed by atoms with E-state index in [-0.39, 0.29) is 29.9 Å². The maximum atomic E-state index is 12.3. The molecule has 1 aromatic heterocycles. The number of nitrogens with one attached hydrogen (secondary N) is 2. The molecule has 0 radical (unpaired) electrons. The summed E-state index contributed by atoms with van der Waals surface area (Å²) in [6.07, 6.45) is 0.136. The van der Waals surface area contributed by atoms with Crippen LogP contribution >= 0.6 is 0 Å². The third kappa shape index (κ3) is 5.13. The number of carbonyl (C=O) groups excluding carboxylic acids is 1. The zero-order chi connectivity index (χ0) is 19.3. The lowest BCUT2D eigenvalue weighted by Gasteiger charge is -2.13. The first-order chi connectivity index (χ1) is 12.2. The van der Waals surface area contributed by atoms with Gasteiger partial charge in [0.1, 0.15) is 5.76 Å². The Labute approximate surface area is 153 Å². The molecule has 9 heteroatoms. The van der Waals surface area contributed by atoms with Crippen LogP contribution in [0.3, 0.4) is 0 Å². The summed E-state index contributed by atoms with van der Waals surface area (Å²) in [6, 6.07) is 5.61. The van der Waals surface area contributed by atoms with Crippen LogP contribution < -0.4 is 10.0 Å². The third-order valence-corrected chi connectivity index (χ3v) is 5.35. The number of amides is 1. The van der Waals surface area contributed by atoms with E-state index in [9.17, 15) is 13.2 Å². The Morgan fingerprint density at radius 1 is 1.27 bits per heavy atom. The summed E-state index contributed by atoms with van der Waals surface area (Å²) in [5.41, 5.74) is 1.93. The molecule has 0 bridgehead atoms. The standard InChI is InChI=1S/C17H23N3O5S/c1-11(10-24-4)20-26(22,23)15-7-5-14(6-8-15)18-17(21)9-16-12(2)19-25-13(16)3/h5-8,11,20H,9-10H2,1-4H3,(H,18,21)/t11-/m1/s1. The van der Waals surface area contributed by atoms with Gasteiger partial charge in [-0.3, -0.25) is 4.79 Å². The molecular weight excluding hydrogens is 358 g/mol. The van der Waals surface area contributed by atoms with Gasteiger partial charge in [-0.25, -0.2) is 13.1 Å². The van der Waals surface area contributed by atoms with Gasteiger partial charge in [0.2, 0.25) is 15.9 Å². The van der Waals surface area contributed by atoms with Gasteiger partial charge in [0.05, 0.1) is 23.6 Å². The summed E-state index contributed by atoms with van der Waals surface area (Å²) >= 11 is 0. The van der Waals surface area contributed by atoms with E-state index in [2.05, 4.69) is 15.2 Å². The van der Waals surface area contributed by atoms with Crippen LogP contribution in [0.1, 0.15) is 23.9 Å². The quantitative estimate of drug-likeness (QED) is 0.721. The van der Waals surface area contributed by atoms with Crippen LogP contribution in [0.25, 0.3) is 0 Å². The first-order valence-corrected chi connectivity index (χ1v) is 9.54. The van der Waals surface area contributed by atoms with Crippen molar-refractivity contribution in [1.29, 1.82) is 0 Å². The highest BCUT2D eigenvalue weighted by molar-refractivity contribution is 7.89. The summed E-state index contributed by atoms with van der Waals surface area (Å²) in [5, 5.41) is 6.54. The predicted molar refractivity (Wildman–Crippen MR) is 96.4 cm³/mol. The predicted octanol–water partition coefficient (Wildman–Crippen LogP) is 1.79. The van der Waals surface area contributed by atoms with E-state index in [1.807, 2.05) is 0 Å². The van der Waals surface area contributed by atoms with E-state index in [4.69, 9.17) is 9.26 Å². The number of methoxy groups -OCH3 is 1. The molecule has 0 saturated carbocycles. The number of hydrogen-bond acceptors (Lipinski definition) is 6. The number of nitrogens with zero attached hydrogens (tertiary/aromatic N) is 1. The molecule has 1 aromatic carbocycles. The molecule has 0 aliphatic heterocycles. The Bertz CT molecular complexity index is 840. The molecule has 26 heavy (non-hydrogen) atoms. The summed E-state index contributed by atoms with van der Waals surface area (Å²) in [4.78, 5) is 12.3. The Hall–Kier alpha value is -2.23. The summed E-state index contributed by atoms with van der Waals surface area (Å²) in [7, 11) is -2.14. The molecule has 8 nitrogen and oxygen atoms in total. The molecule has 2 rings (SSSR count). The molecule has 0 aliphatic rings. The fourth-order valence-corrected chi connectivity index (χ4v) is 3.68. The van der Waals surface area contributed by atoms with Gasteiger partial charge in [-0.1, -0.05) is 5.16 Å². The van der Waals surface area contributed by atoms with Crippen molar-refractivity contribution in [3.8, 4) is 0 Å². The third-order valence-electron chi connectivity index (χ3n) is 3.74. The summed E-state index contributed by atoms with van der Waals surface area (Å²) in [6.45, 7) is 5.51. The van der Waals surface area contributed by atoms with Crippen molar-refractivity contribution < 1.29 is 22.5 Å². The molecule has 2 N–H and O–H groups in total. The van der Waals surface area contributed by atoms with Gasteiger partial charge in [0.25, 0.3) is 0 Å². The molecule has 1 amide bonds. The van der Waals surface area contributed by atoms with E-state index >= 15 is 0 Å². The minimum absolute atomic E-state index is 0.115. The smallest absolute Gasteiger partial charge is 0.240 e. The number of benzene rings is 1. The lowest BCUT2D eigenvalue weighted by Crippen LogP contribution is -2.35. The zero-order valence-corrected chi connectivity index (χ0v) is 16.0. The van der Waals surface area contributed by atoms with Crippen molar-refractivity contribution in [2.45, 2.75) is 38.1 Å². The number of carbonyl (C=O) groups is 1. The average molecular weight is 381 g/mol. The Morgan fingerprint density at radius 3 is 2.46 bits per heavy atom. The first-order valence-electron chi connectivity index (χ1n) is 8.06. The van der Waals surface area contributed by atoms with Crippen LogP contribution in [0, 0.1) is 13.8 Å². The van der Waals surface area contributed by atoms with Gasteiger partial charge in [-0.2, -0.15) is 0 Å². The Kier molecular flexibility index (Phi) is 6.52. The molecule has 0 unspecified atom stereocenters. The molecule has 142 valence electrons. The molecule has 0 spiro atoms. The van der Waals surface area contributed by atoms with Crippen molar-refractivity contribution in [1.82, 2.24) is 9.88 Å². The molecule has 1 atom stereocenters. The van der Waals surface area contributed by atoms with Crippen LogP contribution in [0.4, 0.5) is 5.69 Å². The molecule has 0 fully saturated rings. The number of sulfonamides is 1. The Morgan fingerprint density at radius 2 is 1.92 bits per heavy atom. The second-order valence-corrected chi connectivity index (χ2v) is 7.74. The van der Waals surface area contributed by atoms with Crippen LogP contribution in [0.2, 0.25) is 0 Å². The fourth-order valence-electron chi connectivity index (χ4n) is 2.45. The van der Waals surface area contributed by atoms with E-state index in [1.165, 1.54) is 19.2 Å². The van der Waals surface area contributed by atoms with E-state index in [1.54, 1.807) is 32.9 Å². The highest BCUT2D eigenvalue weighted by Crippen LogP contribution is 2.17. The Balaban J connectivity index is 2.02.